The van der Waals surface area contributed by atoms with Crippen molar-refractivity contribution in [3.8, 4) is 11.3 Å². The number of alkyl halides is 3. The van der Waals surface area contributed by atoms with Gasteiger partial charge in [0.1, 0.15) is 17.1 Å². The van der Waals surface area contributed by atoms with Gasteiger partial charge in [0.15, 0.2) is 5.11 Å². The van der Waals surface area contributed by atoms with Crippen LogP contribution in [-0.2, 0) is 15.8 Å². The summed E-state index contributed by atoms with van der Waals surface area (Å²) in [6.07, 6.45) is -3.38. The molecule has 0 aliphatic carbocycles. The molecule has 2 heterocycles. The van der Waals surface area contributed by atoms with Crippen molar-refractivity contribution in [2.24, 2.45) is 0 Å². The van der Waals surface area contributed by atoms with Gasteiger partial charge in [0.2, 0.25) is 0 Å². The van der Waals surface area contributed by atoms with Gasteiger partial charge in [-0.2, -0.15) is 13.2 Å². The molecule has 0 spiro atoms. The largest absolute Gasteiger partial charge is 0.457 e. The Kier molecular flexibility index (Phi) is 5.98. The Morgan fingerprint density at radius 1 is 1.09 bits per heavy atom. The van der Waals surface area contributed by atoms with Crippen LogP contribution < -0.4 is 10.2 Å². The molecule has 1 N–H and O–H groups in total. The van der Waals surface area contributed by atoms with E-state index < -0.39 is 23.6 Å². The molecule has 10 heteroatoms. The smallest absolute Gasteiger partial charge is 0.416 e. The third kappa shape index (κ3) is 4.62. The molecule has 0 unspecified atom stereocenters. The number of aryl methyl sites for hydroxylation is 1. The van der Waals surface area contributed by atoms with Crippen LogP contribution >= 0.6 is 28.1 Å². The molecule has 0 saturated carbocycles. The van der Waals surface area contributed by atoms with Gasteiger partial charge in [0.05, 0.1) is 11.3 Å². The molecule has 33 heavy (non-hydrogen) atoms. The Morgan fingerprint density at radius 3 is 2.55 bits per heavy atom. The van der Waals surface area contributed by atoms with Crippen LogP contribution in [0.5, 0.6) is 0 Å². The summed E-state index contributed by atoms with van der Waals surface area (Å²) in [6.45, 7) is 1.94. The Bertz CT molecular complexity index is 1330. The van der Waals surface area contributed by atoms with E-state index in [1.54, 1.807) is 12.1 Å². The lowest BCUT2D eigenvalue weighted by atomic mass is 10.1. The fourth-order valence-electron chi connectivity index (χ4n) is 3.25. The number of amides is 2. The monoisotopic (exact) mass is 534 g/mol. The molecule has 0 atom stereocenters. The molecule has 4 rings (SSSR count). The van der Waals surface area contributed by atoms with Crippen LogP contribution in [0, 0.1) is 6.92 Å². The maximum atomic E-state index is 13.1. The quantitative estimate of drug-likeness (QED) is 0.259. The number of anilines is 1. The van der Waals surface area contributed by atoms with E-state index in [2.05, 4.69) is 21.2 Å². The van der Waals surface area contributed by atoms with Crippen LogP contribution in [0.15, 0.2) is 69.1 Å². The lowest BCUT2D eigenvalue weighted by Gasteiger charge is -2.29. The highest BCUT2D eigenvalue weighted by atomic mass is 79.9. The second kappa shape index (κ2) is 8.60. The number of carbonyl (C=O) groups excluding carboxylic acids is 2. The van der Waals surface area contributed by atoms with Gasteiger partial charge in [-0.15, -0.1) is 0 Å². The lowest BCUT2D eigenvalue weighted by Crippen LogP contribution is -2.54. The van der Waals surface area contributed by atoms with E-state index in [0.717, 1.165) is 38.7 Å². The van der Waals surface area contributed by atoms with Gasteiger partial charge < -0.3 is 4.42 Å². The zero-order valence-electron chi connectivity index (χ0n) is 16.9. The summed E-state index contributed by atoms with van der Waals surface area (Å²) < 4.78 is 45.9. The van der Waals surface area contributed by atoms with Gasteiger partial charge in [-0.1, -0.05) is 28.1 Å². The summed E-state index contributed by atoms with van der Waals surface area (Å²) in [5.41, 5.74) is 0.433. The highest BCUT2D eigenvalue weighted by Gasteiger charge is 2.36. The highest BCUT2D eigenvalue weighted by Crippen LogP contribution is 2.34. The summed E-state index contributed by atoms with van der Waals surface area (Å²) >= 11 is 8.52. The lowest BCUT2D eigenvalue weighted by molar-refractivity contribution is -0.137. The topological polar surface area (TPSA) is 62.6 Å². The Balaban J connectivity index is 1.69. The molecule has 0 radical (unpaired) electrons. The van der Waals surface area contributed by atoms with E-state index >= 15 is 0 Å². The Morgan fingerprint density at radius 2 is 1.85 bits per heavy atom. The van der Waals surface area contributed by atoms with Gasteiger partial charge in [-0.05, 0) is 73.2 Å². The third-order valence-electron chi connectivity index (χ3n) is 4.84. The molecule has 1 aliphatic heterocycles. The average molecular weight is 535 g/mol. The van der Waals surface area contributed by atoms with Crippen LogP contribution in [0.4, 0.5) is 18.9 Å². The van der Waals surface area contributed by atoms with Gasteiger partial charge in [-0.3, -0.25) is 19.8 Å². The van der Waals surface area contributed by atoms with Crippen LogP contribution in [0.1, 0.15) is 16.9 Å². The molecular formula is C23H14BrF3N2O3S. The Labute approximate surface area is 200 Å². The zero-order valence-corrected chi connectivity index (χ0v) is 19.3. The van der Waals surface area contributed by atoms with E-state index in [1.165, 1.54) is 12.1 Å². The number of nitrogens with one attached hydrogen (secondary N) is 1. The number of halogens is 4. The minimum Gasteiger partial charge on any atom is -0.457 e. The minimum atomic E-state index is -4.60. The SMILES string of the molecule is Cc1ccc(-c2ccc(/C=C3/C(=O)NC(=S)N(c4cccc(C(F)(F)F)c4)C3=O)o2)c(Br)c1. The van der Waals surface area contributed by atoms with Crippen LogP contribution in [-0.4, -0.2) is 16.9 Å². The van der Waals surface area contributed by atoms with Gasteiger partial charge >= 0.3 is 6.18 Å². The van der Waals surface area contributed by atoms with Crippen molar-refractivity contribution in [2.45, 2.75) is 13.1 Å². The normalized spacial score (nSPS) is 15.8. The Hall–Kier alpha value is -3.24. The van der Waals surface area contributed by atoms with Crippen molar-refractivity contribution in [2.75, 3.05) is 4.90 Å². The molecule has 2 amide bonds. The molecule has 1 aliphatic rings. The molecule has 5 nitrogen and oxygen atoms in total. The molecule has 1 saturated heterocycles. The molecule has 2 aromatic carbocycles. The third-order valence-corrected chi connectivity index (χ3v) is 5.78. The molecule has 1 aromatic heterocycles. The first-order chi connectivity index (χ1) is 15.5. The summed E-state index contributed by atoms with van der Waals surface area (Å²) in [7, 11) is 0. The van der Waals surface area contributed by atoms with Gasteiger partial charge in [0, 0.05) is 10.0 Å². The van der Waals surface area contributed by atoms with E-state index in [-0.39, 0.29) is 22.1 Å². The van der Waals surface area contributed by atoms with Crippen molar-refractivity contribution in [3.63, 3.8) is 0 Å². The van der Waals surface area contributed by atoms with E-state index in [4.69, 9.17) is 16.6 Å². The van der Waals surface area contributed by atoms with Crippen LogP contribution in [0.25, 0.3) is 17.4 Å². The number of thiocarbonyl (C=S) groups is 1. The number of hydrogen-bond donors (Lipinski definition) is 1. The number of benzene rings is 2. The number of hydrogen-bond acceptors (Lipinski definition) is 4. The first-order valence-corrected chi connectivity index (χ1v) is 10.7. The van der Waals surface area contributed by atoms with Crippen molar-refractivity contribution in [1.82, 2.24) is 5.32 Å². The van der Waals surface area contributed by atoms with E-state index in [0.29, 0.717) is 5.76 Å². The van der Waals surface area contributed by atoms with Crippen LogP contribution in [0.2, 0.25) is 0 Å². The number of rotatable bonds is 3. The number of carbonyl (C=O) groups is 2. The maximum absolute atomic E-state index is 13.1. The van der Waals surface area contributed by atoms with Crippen molar-refractivity contribution >= 4 is 56.8 Å². The second-order valence-electron chi connectivity index (χ2n) is 7.19. The highest BCUT2D eigenvalue weighted by molar-refractivity contribution is 9.10. The molecule has 1 fully saturated rings. The average Bonchev–Trinajstić information content (AvgIpc) is 3.19. The number of nitrogens with zero attached hydrogens (tertiary/aromatic N) is 1. The molecule has 168 valence electrons. The van der Waals surface area contributed by atoms with E-state index in [9.17, 15) is 22.8 Å². The van der Waals surface area contributed by atoms with Crippen molar-refractivity contribution in [3.05, 3.63) is 81.5 Å². The first kappa shape index (κ1) is 22.9. The minimum absolute atomic E-state index is 0.116. The molecule has 3 aromatic rings. The fourth-order valence-corrected chi connectivity index (χ4v) is 4.22. The molecular weight excluding hydrogens is 521 g/mol. The first-order valence-electron chi connectivity index (χ1n) is 9.49. The van der Waals surface area contributed by atoms with E-state index in [1.807, 2.05) is 25.1 Å². The van der Waals surface area contributed by atoms with Gasteiger partial charge in [0.25, 0.3) is 11.8 Å². The maximum Gasteiger partial charge on any atom is 0.416 e. The summed E-state index contributed by atoms with van der Waals surface area (Å²) in [5, 5.41) is 2.02. The van der Waals surface area contributed by atoms with Crippen molar-refractivity contribution < 1.29 is 27.2 Å². The predicted molar refractivity (Wildman–Crippen MR) is 124 cm³/mol. The standard InChI is InChI=1S/C23H14BrF3N2O3S/c1-12-5-7-16(18(24)9-12)19-8-6-15(32-19)11-17-20(30)28-22(33)29(21(17)31)14-4-2-3-13(10-14)23(25,26)27/h2-11H,1H3,(H,28,30,33)/b17-11-. The number of furan rings is 1. The molecule has 0 bridgehead atoms. The summed E-state index contributed by atoms with van der Waals surface area (Å²) in [5.74, 6) is -0.921. The van der Waals surface area contributed by atoms with Gasteiger partial charge in [-0.25, -0.2) is 0 Å². The van der Waals surface area contributed by atoms with Crippen molar-refractivity contribution in [1.29, 1.82) is 0 Å². The summed E-state index contributed by atoms with van der Waals surface area (Å²) in [4.78, 5) is 26.4. The second-order valence-corrected chi connectivity index (χ2v) is 8.43. The fraction of sp³-hybridized carbons (Fsp3) is 0.0870. The van der Waals surface area contributed by atoms with Crippen LogP contribution in [0.3, 0.4) is 0 Å². The summed E-state index contributed by atoms with van der Waals surface area (Å²) in [6, 6.07) is 13.1. The predicted octanol–water partition coefficient (Wildman–Crippen LogP) is 5.87. The zero-order chi connectivity index (χ0) is 23.9.